The first-order chi connectivity index (χ1) is 9.95. The number of hydrogen-bond acceptors (Lipinski definition) is 3. The summed E-state index contributed by atoms with van der Waals surface area (Å²) in [6, 6.07) is 5.55. The lowest BCUT2D eigenvalue weighted by Crippen LogP contribution is -2.41. The van der Waals surface area contributed by atoms with Crippen LogP contribution in [0.25, 0.3) is 0 Å². The van der Waals surface area contributed by atoms with E-state index >= 15 is 0 Å². The van der Waals surface area contributed by atoms with Gasteiger partial charge in [-0.25, -0.2) is 4.79 Å². The van der Waals surface area contributed by atoms with Gasteiger partial charge in [0.05, 0.1) is 11.3 Å². The summed E-state index contributed by atoms with van der Waals surface area (Å²) in [6.45, 7) is 3.29. The zero-order valence-corrected chi connectivity index (χ0v) is 12.2. The number of amides is 2. The lowest BCUT2D eigenvalue weighted by molar-refractivity contribution is -0.139. The average Bonchev–Trinajstić information content (AvgIpc) is 2.42. The molecular formula is C15H20N2O4. The highest BCUT2D eigenvalue weighted by Crippen LogP contribution is 2.15. The molecule has 0 aliphatic carbocycles. The number of unbranched alkanes of at least 4 members (excludes halogenated alkanes) is 1. The largest absolute Gasteiger partial charge is 0.480 e. The molecule has 3 N–H and O–H groups in total. The maximum absolute atomic E-state index is 12.2. The monoisotopic (exact) mass is 292 g/mol. The topological polar surface area (TPSA) is 95.5 Å². The van der Waals surface area contributed by atoms with E-state index in [9.17, 15) is 14.4 Å². The van der Waals surface area contributed by atoms with Crippen molar-refractivity contribution in [3.05, 3.63) is 29.8 Å². The van der Waals surface area contributed by atoms with Gasteiger partial charge < -0.3 is 15.7 Å². The maximum Gasteiger partial charge on any atom is 0.326 e. The van der Waals surface area contributed by atoms with Crippen molar-refractivity contribution < 1.29 is 19.5 Å². The van der Waals surface area contributed by atoms with Crippen molar-refractivity contribution in [2.75, 3.05) is 5.32 Å². The molecule has 6 heteroatoms. The Morgan fingerprint density at radius 1 is 1.24 bits per heavy atom. The van der Waals surface area contributed by atoms with Crippen LogP contribution >= 0.6 is 0 Å². The molecule has 114 valence electrons. The Bertz CT molecular complexity index is 528. The second-order valence-corrected chi connectivity index (χ2v) is 4.73. The van der Waals surface area contributed by atoms with Crippen molar-refractivity contribution in [1.82, 2.24) is 5.32 Å². The number of hydrogen-bond donors (Lipinski definition) is 3. The van der Waals surface area contributed by atoms with Crippen LogP contribution in [0.4, 0.5) is 5.69 Å². The molecule has 1 atom stereocenters. The fraction of sp³-hybridized carbons (Fsp3) is 0.400. The first-order valence-electron chi connectivity index (χ1n) is 6.86. The summed E-state index contributed by atoms with van der Waals surface area (Å²) < 4.78 is 0. The van der Waals surface area contributed by atoms with E-state index in [1.165, 1.54) is 6.92 Å². The molecule has 0 bridgehead atoms. The smallest absolute Gasteiger partial charge is 0.326 e. The molecule has 0 aliphatic rings. The molecule has 1 aromatic carbocycles. The summed E-state index contributed by atoms with van der Waals surface area (Å²) in [5.41, 5.74) is 0.609. The third kappa shape index (κ3) is 5.25. The highest BCUT2D eigenvalue weighted by Gasteiger charge is 2.21. The van der Waals surface area contributed by atoms with Gasteiger partial charge in [-0.3, -0.25) is 9.59 Å². The molecule has 0 aliphatic heterocycles. The van der Waals surface area contributed by atoms with Gasteiger partial charge in [-0.2, -0.15) is 0 Å². The molecule has 0 unspecified atom stereocenters. The number of para-hydroxylation sites is 1. The SMILES string of the molecule is CCCC[C@@H](NC(=O)c1ccccc1NC(C)=O)C(=O)O. The zero-order valence-electron chi connectivity index (χ0n) is 12.2. The number of benzene rings is 1. The van der Waals surface area contributed by atoms with Gasteiger partial charge in [0.15, 0.2) is 0 Å². The van der Waals surface area contributed by atoms with Crippen molar-refractivity contribution in [3.8, 4) is 0 Å². The summed E-state index contributed by atoms with van der Waals surface area (Å²) in [5.74, 6) is -1.87. The Kier molecular flexibility index (Phi) is 6.39. The van der Waals surface area contributed by atoms with Gasteiger partial charge in [0.1, 0.15) is 6.04 Å². The van der Waals surface area contributed by atoms with E-state index in [2.05, 4.69) is 10.6 Å². The Balaban J connectivity index is 2.87. The van der Waals surface area contributed by atoms with Gasteiger partial charge in [-0.05, 0) is 18.6 Å². The van der Waals surface area contributed by atoms with Crippen LogP contribution in [-0.2, 0) is 9.59 Å². The van der Waals surface area contributed by atoms with Gasteiger partial charge in [-0.15, -0.1) is 0 Å². The average molecular weight is 292 g/mol. The first kappa shape index (κ1) is 16.7. The maximum atomic E-state index is 12.2. The summed E-state index contributed by atoms with van der Waals surface area (Å²) in [5, 5.41) is 14.2. The molecule has 21 heavy (non-hydrogen) atoms. The summed E-state index contributed by atoms with van der Waals surface area (Å²) in [4.78, 5) is 34.5. The van der Waals surface area contributed by atoms with Crippen molar-refractivity contribution in [3.63, 3.8) is 0 Å². The van der Waals surface area contributed by atoms with Gasteiger partial charge in [0.2, 0.25) is 5.91 Å². The van der Waals surface area contributed by atoms with Gasteiger partial charge >= 0.3 is 5.97 Å². The molecule has 0 fully saturated rings. The summed E-state index contributed by atoms with van der Waals surface area (Å²) in [7, 11) is 0. The summed E-state index contributed by atoms with van der Waals surface area (Å²) in [6.07, 6.45) is 1.94. The third-order valence-corrected chi connectivity index (χ3v) is 2.93. The second-order valence-electron chi connectivity index (χ2n) is 4.73. The molecule has 0 spiro atoms. The number of carbonyl (C=O) groups is 3. The van der Waals surface area contributed by atoms with Crippen LogP contribution in [-0.4, -0.2) is 28.9 Å². The minimum Gasteiger partial charge on any atom is -0.480 e. The van der Waals surface area contributed by atoms with Crippen molar-refractivity contribution in [2.45, 2.75) is 39.2 Å². The molecule has 1 aromatic rings. The predicted molar refractivity (Wildman–Crippen MR) is 79.2 cm³/mol. The van der Waals surface area contributed by atoms with Crippen molar-refractivity contribution in [1.29, 1.82) is 0 Å². The fourth-order valence-electron chi connectivity index (χ4n) is 1.88. The van der Waals surface area contributed by atoms with Crippen LogP contribution in [0.2, 0.25) is 0 Å². The number of aliphatic carboxylic acids is 1. The van der Waals surface area contributed by atoms with Crippen LogP contribution in [0.1, 0.15) is 43.5 Å². The van der Waals surface area contributed by atoms with Crippen molar-refractivity contribution in [2.24, 2.45) is 0 Å². The molecule has 2 amide bonds. The normalized spacial score (nSPS) is 11.5. The number of carboxylic acids is 1. The number of anilines is 1. The molecule has 6 nitrogen and oxygen atoms in total. The quantitative estimate of drug-likeness (QED) is 0.716. The first-order valence-corrected chi connectivity index (χ1v) is 6.86. The van der Waals surface area contributed by atoms with E-state index in [0.29, 0.717) is 18.5 Å². The van der Waals surface area contributed by atoms with E-state index in [1.54, 1.807) is 24.3 Å². The highest BCUT2D eigenvalue weighted by molar-refractivity contribution is 6.04. The van der Waals surface area contributed by atoms with Crippen LogP contribution in [0.5, 0.6) is 0 Å². The van der Waals surface area contributed by atoms with E-state index in [-0.39, 0.29) is 11.5 Å². The fourth-order valence-corrected chi connectivity index (χ4v) is 1.88. The third-order valence-electron chi connectivity index (χ3n) is 2.93. The standard InChI is InChI=1S/C15H20N2O4/c1-3-4-8-13(15(20)21)17-14(19)11-7-5-6-9-12(11)16-10(2)18/h5-7,9,13H,3-4,8H2,1-2H3,(H,16,18)(H,17,19)(H,20,21)/t13-/m1/s1. The van der Waals surface area contributed by atoms with Crippen LogP contribution < -0.4 is 10.6 Å². The van der Waals surface area contributed by atoms with Gasteiger partial charge in [-0.1, -0.05) is 31.9 Å². The number of nitrogens with one attached hydrogen (secondary N) is 2. The van der Waals surface area contributed by atoms with E-state index in [1.807, 2.05) is 6.92 Å². The van der Waals surface area contributed by atoms with Crippen LogP contribution in [0.15, 0.2) is 24.3 Å². The molecule has 0 heterocycles. The Morgan fingerprint density at radius 2 is 1.90 bits per heavy atom. The molecule has 0 saturated heterocycles. The lowest BCUT2D eigenvalue weighted by Gasteiger charge is -2.15. The summed E-state index contributed by atoms with van der Waals surface area (Å²) >= 11 is 0. The zero-order chi connectivity index (χ0) is 15.8. The van der Waals surface area contributed by atoms with Crippen LogP contribution in [0.3, 0.4) is 0 Å². The van der Waals surface area contributed by atoms with Gasteiger partial charge in [0, 0.05) is 6.92 Å². The molecular weight excluding hydrogens is 272 g/mol. The van der Waals surface area contributed by atoms with Crippen LogP contribution in [0, 0.1) is 0 Å². The van der Waals surface area contributed by atoms with E-state index < -0.39 is 17.9 Å². The predicted octanol–water partition coefficient (Wildman–Crippen LogP) is 2.02. The Labute approximate surface area is 123 Å². The highest BCUT2D eigenvalue weighted by atomic mass is 16.4. The lowest BCUT2D eigenvalue weighted by atomic mass is 10.1. The second kappa shape index (κ2) is 8.04. The minimum atomic E-state index is -1.06. The van der Waals surface area contributed by atoms with E-state index in [4.69, 9.17) is 5.11 Å². The Hall–Kier alpha value is -2.37. The molecule has 1 rings (SSSR count). The number of rotatable bonds is 7. The Morgan fingerprint density at radius 3 is 2.48 bits per heavy atom. The van der Waals surface area contributed by atoms with Gasteiger partial charge in [0.25, 0.3) is 5.91 Å². The minimum absolute atomic E-state index is 0.246. The van der Waals surface area contributed by atoms with Crippen molar-refractivity contribution >= 4 is 23.5 Å². The molecule has 0 saturated carbocycles. The molecule has 0 aromatic heterocycles. The number of carboxylic acid groups (broad SMARTS) is 1. The molecule has 0 radical (unpaired) electrons. The number of carbonyl (C=O) groups excluding carboxylic acids is 2. The van der Waals surface area contributed by atoms with E-state index in [0.717, 1.165) is 6.42 Å².